The van der Waals surface area contributed by atoms with Crippen LogP contribution in [0.25, 0.3) is 0 Å². The van der Waals surface area contributed by atoms with Crippen LogP contribution in [0.15, 0.2) is 85.1 Å². The van der Waals surface area contributed by atoms with Crippen molar-refractivity contribution in [1.82, 2.24) is 0 Å². The summed E-state index contributed by atoms with van der Waals surface area (Å²) in [6, 6.07) is -1.15. The highest BCUT2D eigenvalue weighted by molar-refractivity contribution is 5.71. The number of fused-ring (bicyclic) bond motifs is 2. The molecule has 65 heavy (non-hydrogen) atoms. The first-order chi connectivity index (χ1) is 30.6. The molecule has 3 aliphatic heterocycles. The number of carboxylic acid groups (broad SMARTS) is 1. The van der Waals surface area contributed by atoms with Gasteiger partial charge >= 0.3 is 11.9 Å². The van der Waals surface area contributed by atoms with Crippen LogP contribution in [-0.4, -0.2) is 166 Å². The van der Waals surface area contributed by atoms with Crippen LogP contribution in [0.4, 0.5) is 0 Å². The van der Waals surface area contributed by atoms with Gasteiger partial charge in [0.25, 0.3) is 0 Å². The Hall–Kier alpha value is -3.44. The van der Waals surface area contributed by atoms with E-state index < -0.39 is 147 Å². The van der Waals surface area contributed by atoms with Crippen molar-refractivity contribution in [3.63, 3.8) is 0 Å². The first-order valence-electron chi connectivity index (χ1n) is 22.3. The molecule has 0 aromatic carbocycles. The lowest BCUT2D eigenvalue weighted by Crippen LogP contribution is -2.61. The molecule has 2 fully saturated rings. The third-order valence-corrected chi connectivity index (χ3v) is 12.0. The summed E-state index contributed by atoms with van der Waals surface area (Å²) in [5, 5.41) is 118. The first-order valence-corrected chi connectivity index (χ1v) is 22.3. The van der Waals surface area contributed by atoms with Crippen LogP contribution in [0.5, 0.6) is 0 Å². The fourth-order valence-corrected chi connectivity index (χ4v) is 7.97. The fraction of sp³-hybridized carbons (Fsp3) is 0.660. The number of nitrogens with two attached hydrogens (primary N) is 1. The van der Waals surface area contributed by atoms with Crippen LogP contribution in [0.3, 0.4) is 0 Å². The average Bonchev–Trinajstić information content (AvgIpc) is 3.21. The second kappa shape index (κ2) is 27.4. The number of aliphatic carboxylic acids is 1. The number of rotatable bonds is 3. The number of allylic oxidation sites excluding steroid dienone is 12. The lowest BCUT2D eigenvalue weighted by atomic mass is 9.82. The number of hydrogen-bond acceptors (Lipinski definition) is 17. The minimum Gasteiger partial charge on any atom is -0.481 e. The van der Waals surface area contributed by atoms with Gasteiger partial charge in [-0.25, -0.2) is 0 Å². The number of ether oxygens (including phenoxy) is 4. The van der Waals surface area contributed by atoms with Gasteiger partial charge in [0, 0.05) is 37.5 Å². The van der Waals surface area contributed by atoms with Crippen LogP contribution in [0, 0.1) is 17.8 Å². The van der Waals surface area contributed by atoms with Crippen molar-refractivity contribution in [1.29, 1.82) is 0 Å². The van der Waals surface area contributed by atoms with Gasteiger partial charge in [-0.3, -0.25) is 9.59 Å². The predicted octanol–water partition coefficient (Wildman–Crippen LogP) is 0.712. The average molecular weight is 924 g/mol. The summed E-state index contributed by atoms with van der Waals surface area (Å²) in [5.41, 5.74) is 6.02. The van der Waals surface area contributed by atoms with Crippen LogP contribution in [-0.2, 0) is 28.5 Å². The molecule has 18 heteroatoms. The summed E-state index contributed by atoms with van der Waals surface area (Å²) >= 11 is 0. The molecular weight excluding hydrogens is 851 g/mol. The van der Waals surface area contributed by atoms with Gasteiger partial charge in [-0.05, 0) is 33.1 Å². The molecule has 0 radical (unpaired) electrons. The van der Waals surface area contributed by atoms with Gasteiger partial charge in [0.1, 0.15) is 18.1 Å². The van der Waals surface area contributed by atoms with Crippen LogP contribution >= 0.6 is 0 Å². The van der Waals surface area contributed by atoms with Gasteiger partial charge in [0.05, 0.1) is 79.6 Å². The van der Waals surface area contributed by atoms with E-state index in [2.05, 4.69) is 0 Å². The highest BCUT2D eigenvalue weighted by Crippen LogP contribution is 2.38. The van der Waals surface area contributed by atoms with Crippen LogP contribution in [0.1, 0.15) is 79.1 Å². The molecule has 0 amide bonds. The molecule has 368 valence electrons. The zero-order chi connectivity index (χ0) is 48.4. The summed E-state index contributed by atoms with van der Waals surface area (Å²) in [4.78, 5) is 25.1. The van der Waals surface area contributed by atoms with Crippen LogP contribution < -0.4 is 5.73 Å². The van der Waals surface area contributed by atoms with E-state index >= 15 is 0 Å². The Bertz CT molecular complexity index is 1670. The molecule has 0 aromatic rings. The SMILES string of the molecule is C[C@@H]1[C@H](O)[C@@H](C)/C=C/C=C/C=C/C=C/C=C/C=C/C=C\[C@H](O[C@@H]2O[C@H](C)[C@@H](O)[C@H](N)[C@@H]2O)C[C@@H]2O[C@](O)(C[C@@H](O)C[C@@H](O)[C@H](O)CC[C@@H](O)C[C@@H](O)CC(=O)O[C@H]1C)C[C@H](O)[C@H]2C(=O)O. The third kappa shape index (κ3) is 18.6. The Balaban J connectivity index is 1.86. The molecule has 19 atom stereocenters. The lowest BCUT2D eigenvalue weighted by Gasteiger charge is -2.45. The van der Waals surface area contributed by atoms with Gasteiger partial charge in [0.15, 0.2) is 12.1 Å². The normalized spacial score (nSPS) is 45.5. The maximum atomic E-state index is 12.6. The molecule has 0 aliphatic carbocycles. The van der Waals surface area contributed by atoms with Gasteiger partial charge in [-0.2, -0.15) is 0 Å². The monoisotopic (exact) mass is 923 g/mol. The molecule has 18 nitrogen and oxygen atoms in total. The van der Waals surface area contributed by atoms with Crippen molar-refractivity contribution in [2.75, 3.05) is 0 Å². The number of carbonyl (C=O) groups excluding carboxylic acids is 1. The Labute approximate surface area is 381 Å². The zero-order valence-corrected chi connectivity index (χ0v) is 37.6. The second-order valence-corrected chi connectivity index (χ2v) is 17.6. The predicted molar refractivity (Wildman–Crippen MR) is 237 cm³/mol. The molecule has 0 saturated carbocycles. The molecule has 3 rings (SSSR count). The number of esters is 1. The molecular formula is C47H73NO17. The van der Waals surface area contributed by atoms with E-state index in [-0.39, 0.29) is 31.6 Å². The van der Waals surface area contributed by atoms with Gasteiger partial charge in [0.2, 0.25) is 0 Å². The van der Waals surface area contributed by atoms with Crippen molar-refractivity contribution in [2.45, 2.75) is 177 Å². The number of aliphatic hydroxyl groups excluding tert-OH is 9. The molecule has 3 aliphatic rings. The third-order valence-electron chi connectivity index (χ3n) is 12.0. The second-order valence-electron chi connectivity index (χ2n) is 17.6. The molecule has 13 N–H and O–H groups in total. The number of hydrogen-bond donors (Lipinski definition) is 12. The fourth-order valence-electron chi connectivity index (χ4n) is 7.97. The van der Waals surface area contributed by atoms with Crippen molar-refractivity contribution < 1.29 is 84.7 Å². The lowest BCUT2D eigenvalue weighted by molar-refractivity contribution is -0.308. The highest BCUT2D eigenvalue weighted by atomic mass is 16.7. The number of carbonyl (C=O) groups is 2. The van der Waals surface area contributed by atoms with E-state index in [4.69, 9.17) is 24.7 Å². The van der Waals surface area contributed by atoms with Crippen molar-refractivity contribution >= 4 is 11.9 Å². The van der Waals surface area contributed by atoms with E-state index in [1.165, 1.54) is 13.0 Å². The van der Waals surface area contributed by atoms with Gasteiger partial charge < -0.3 is 80.9 Å². The van der Waals surface area contributed by atoms with Crippen LogP contribution in [0.2, 0.25) is 0 Å². The first kappa shape index (κ1) is 55.9. The van der Waals surface area contributed by atoms with Crippen molar-refractivity contribution in [3.05, 3.63) is 85.1 Å². The summed E-state index contributed by atoms with van der Waals surface area (Å²) in [6.07, 6.45) is 3.46. The van der Waals surface area contributed by atoms with Gasteiger partial charge in [-0.15, -0.1) is 0 Å². The maximum absolute atomic E-state index is 12.6. The van der Waals surface area contributed by atoms with E-state index in [1.54, 1.807) is 80.7 Å². The number of aliphatic hydroxyl groups is 10. The summed E-state index contributed by atoms with van der Waals surface area (Å²) in [7, 11) is 0. The Morgan fingerprint density at radius 2 is 1.23 bits per heavy atom. The maximum Gasteiger partial charge on any atom is 0.311 e. The quantitative estimate of drug-likeness (QED) is 0.174. The molecule has 0 unspecified atom stereocenters. The van der Waals surface area contributed by atoms with Crippen molar-refractivity contribution in [2.24, 2.45) is 23.5 Å². The molecule has 0 spiro atoms. The van der Waals surface area contributed by atoms with E-state index in [9.17, 15) is 65.8 Å². The smallest absolute Gasteiger partial charge is 0.311 e. The standard InChI is InChI=1S/C47H73NO17/c1-27-17-15-13-11-9-7-5-6-8-10-12-14-16-18-34(64-46-44(58)41(48)43(57)30(4)63-46)24-38-40(45(59)60)37(54)26-47(61,65-38)25-33(51)22-36(53)35(52)20-19-31(49)21-32(50)23-39(55)62-29(3)28(2)42(27)56/h5-18,27-38,40-44,46,49-54,56-58,61H,19-26,48H2,1-4H3,(H,59,60)/b6-5+,9-7+,10-8+,13-11+,14-12+,17-15+,18-16-/t27-,28-,29-,30+,31+,32+,33-,34-,35+,36+,37-,38-,40+,41-,42+,43+,44-,46-,47+/m0/s1. The van der Waals surface area contributed by atoms with Gasteiger partial charge in [-0.1, -0.05) is 98.9 Å². The summed E-state index contributed by atoms with van der Waals surface area (Å²) in [5.74, 6) is -6.83. The van der Waals surface area contributed by atoms with E-state index in [0.29, 0.717) is 0 Å². The highest BCUT2D eigenvalue weighted by Gasteiger charge is 2.51. The molecule has 0 aromatic heterocycles. The largest absolute Gasteiger partial charge is 0.481 e. The van der Waals surface area contributed by atoms with E-state index in [1.807, 2.05) is 19.1 Å². The Morgan fingerprint density at radius 3 is 1.82 bits per heavy atom. The minimum atomic E-state index is -2.33. The Morgan fingerprint density at radius 1 is 0.662 bits per heavy atom. The molecule has 2 bridgehead atoms. The number of cyclic esters (lactones) is 1. The molecule has 3 heterocycles. The zero-order valence-electron chi connectivity index (χ0n) is 37.6. The number of carboxylic acids is 1. The molecule has 2 saturated heterocycles. The van der Waals surface area contributed by atoms with E-state index in [0.717, 1.165) is 0 Å². The topological polar surface area (TPSA) is 320 Å². The summed E-state index contributed by atoms with van der Waals surface area (Å²) < 4.78 is 23.1. The minimum absolute atomic E-state index is 0.107. The summed E-state index contributed by atoms with van der Waals surface area (Å²) in [6.45, 7) is 6.74. The van der Waals surface area contributed by atoms with Crippen molar-refractivity contribution in [3.8, 4) is 0 Å². The Kier molecular flexibility index (Phi) is 23.6.